The third-order valence-electron chi connectivity index (χ3n) is 2.71. The van der Waals surface area contributed by atoms with Crippen LogP contribution in [-0.4, -0.2) is 39.2 Å². The molecule has 0 spiro atoms. The topological polar surface area (TPSA) is 79.6 Å². The van der Waals surface area contributed by atoms with E-state index in [2.05, 4.69) is 15.5 Å². The van der Waals surface area contributed by atoms with Gasteiger partial charge < -0.3 is 14.4 Å². The van der Waals surface area contributed by atoms with Crippen molar-refractivity contribution in [1.82, 2.24) is 0 Å². The van der Waals surface area contributed by atoms with Crippen LogP contribution in [-0.2, 0) is 19.1 Å². The van der Waals surface area contributed by atoms with Crippen molar-refractivity contribution in [2.45, 2.75) is 6.92 Å². The summed E-state index contributed by atoms with van der Waals surface area (Å²) in [6.45, 7) is 1.59. The second-order valence-corrected chi connectivity index (χ2v) is 4.14. The molecule has 0 aliphatic rings. The first kappa shape index (κ1) is 15.5. The molecule has 0 N–H and O–H groups in total. The average Bonchev–Trinajstić information content (AvgIpc) is 2.45. The second kappa shape index (κ2) is 7.14. The minimum absolute atomic E-state index is 0.136. The van der Waals surface area contributed by atoms with Crippen molar-refractivity contribution in [3.63, 3.8) is 0 Å². The van der Waals surface area contributed by atoms with Crippen LogP contribution in [0.3, 0.4) is 0 Å². The smallest absolute Gasteiger partial charge is 0.325 e. The lowest BCUT2D eigenvalue weighted by Gasteiger charge is -2.23. The largest absolute Gasteiger partial charge is 0.468 e. The lowest BCUT2D eigenvalue weighted by atomic mass is 10.1. The highest BCUT2D eigenvalue weighted by atomic mass is 16.5. The Labute approximate surface area is 117 Å². The van der Waals surface area contributed by atoms with Crippen molar-refractivity contribution in [2.75, 3.05) is 32.2 Å². The molecule has 0 radical (unpaired) electrons. The van der Waals surface area contributed by atoms with Gasteiger partial charge in [-0.2, -0.15) is 5.26 Å². The SMILES string of the molecule is COC(=O)CN(CC(=O)OC)c1ccc(C)cc1C#N. The zero-order chi connectivity index (χ0) is 15.1. The van der Waals surface area contributed by atoms with Crippen LogP contribution in [0.5, 0.6) is 0 Å². The molecule has 1 rings (SSSR count). The van der Waals surface area contributed by atoms with E-state index in [9.17, 15) is 9.59 Å². The number of methoxy groups -OCH3 is 2. The number of carbonyl (C=O) groups is 2. The highest BCUT2D eigenvalue weighted by Crippen LogP contribution is 2.21. The molecule has 0 aromatic heterocycles. The molecule has 0 heterocycles. The number of nitrogens with zero attached hydrogens (tertiary/aromatic N) is 2. The van der Waals surface area contributed by atoms with E-state index >= 15 is 0 Å². The number of hydrogen-bond donors (Lipinski definition) is 0. The summed E-state index contributed by atoms with van der Waals surface area (Å²) in [6.07, 6.45) is 0. The summed E-state index contributed by atoms with van der Waals surface area (Å²) in [6, 6.07) is 7.24. The Bertz CT molecular complexity index is 531. The van der Waals surface area contributed by atoms with Gasteiger partial charge in [-0.05, 0) is 24.6 Å². The van der Waals surface area contributed by atoms with Crippen LogP contribution in [0.1, 0.15) is 11.1 Å². The number of carbonyl (C=O) groups excluding carboxylic acids is 2. The fraction of sp³-hybridized carbons (Fsp3) is 0.357. The van der Waals surface area contributed by atoms with Gasteiger partial charge in [0, 0.05) is 0 Å². The van der Waals surface area contributed by atoms with Gasteiger partial charge in [-0.15, -0.1) is 0 Å². The lowest BCUT2D eigenvalue weighted by molar-refractivity contribution is -0.140. The zero-order valence-electron chi connectivity index (χ0n) is 11.7. The molecular weight excluding hydrogens is 260 g/mol. The van der Waals surface area contributed by atoms with Gasteiger partial charge >= 0.3 is 11.9 Å². The quantitative estimate of drug-likeness (QED) is 0.747. The molecule has 6 heteroatoms. The monoisotopic (exact) mass is 276 g/mol. The Balaban J connectivity index is 3.12. The van der Waals surface area contributed by atoms with Crippen LogP contribution >= 0.6 is 0 Å². The molecule has 0 fully saturated rings. The van der Waals surface area contributed by atoms with E-state index in [1.54, 1.807) is 18.2 Å². The van der Waals surface area contributed by atoms with Gasteiger partial charge in [0.25, 0.3) is 0 Å². The Hall–Kier alpha value is -2.55. The first-order chi connectivity index (χ1) is 9.51. The molecule has 0 atom stereocenters. The van der Waals surface area contributed by atoms with Crippen molar-refractivity contribution < 1.29 is 19.1 Å². The van der Waals surface area contributed by atoms with Crippen LogP contribution in [0.25, 0.3) is 0 Å². The number of aryl methyl sites for hydroxylation is 1. The number of hydrogen-bond acceptors (Lipinski definition) is 6. The van der Waals surface area contributed by atoms with E-state index < -0.39 is 11.9 Å². The first-order valence-corrected chi connectivity index (χ1v) is 5.91. The fourth-order valence-electron chi connectivity index (χ4n) is 1.68. The third kappa shape index (κ3) is 3.99. The summed E-state index contributed by atoms with van der Waals surface area (Å²) < 4.78 is 9.20. The molecule has 1 aromatic rings. The Morgan fingerprint density at radius 1 is 1.20 bits per heavy atom. The predicted octanol–water partition coefficient (Wildman–Crippen LogP) is 1.02. The minimum Gasteiger partial charge on any atom is -0.468 e. The van der Waals surface area contributed by atoms with E-state index in [1.807, 2.05) is 6.92 Å². The Morgan fingerprint density at radius 2 is 1.75 bits per heavy atom. The molecule has 0 saturated heterocycles. The highest BCUT2D eigenvalue weighted by molar-refractivity contribution is 5.82. The van der Waals surface area contributed by atoms with Gasteiger partial charge in [-0.1, -0.05) is 6.07 Å². The van der Waals surface area contributed by atoms with Crippen LogP contribution < -0.4 is 4.90 Å². The summed E-state index contributed by atoms with van der Waals surface area (Å²) in [7, 11) is 2.53. The van der Waals surface area contributed by atoms with E-state index in [0.717, 1.165) is 5.56 Å². The number of anilines is 1. The summed E-state index contributed by atoms with van der Waals surface area (Å²) in [5, 5.41) is 9.17. The molecule has 0 aliphatic carbocycles. The van der Waals surface area contributed by atoms with Crippen molar-refractivity contribution in [3.8, 4) is 6.07 Å². The van der Waals surface area contributed by atoms with Gasteiger partial charge in [0.15, 0.2) is 0 Å². The molecule has 0 unspecified atom stereocenters. The van der Waals surface area contributed by atoms with Crippen molar-refractivity contribution in [2.24, 2.45) is 0 Å². The number of benzene rings is 1. The predicted molar refractivity (Wildman–Crippen MR) is 72.1 cm³/mol. The molecule has 1 aromatic carbocycles. The van der Waals surface area contributed by atoms with Crippen molar-refractivity contribution >= 4 is 17.6 Å². The van der Waals surface area contributed by atoms with Crippen molar-refractivity contribution in [3.05, 3.63) is 29.3 Å². The summed E-state index contributed by atoms with van der Waals surface area (Å²) in [5.74, 6) is -1.00. The van der Waals surface area contributed by atoms with Gasteiger partial charge in [0.1, 0.15) is 19.2 Å². The van der Waals surface area contributed by atoms with Gasteiger partial charge in [0.05, 0.1) is 25.5 Å². The number of ether oxygens (including phenoxy) is 2. The molecule has 0 bridgehead atoms. The zero-order valence-corrected chi connectivity index (χ0v) is 11.7. The highest BCUT2D eigenvalue weighted by Gasteiger charge is 2.18. The number of nitriles is 1. The standard InChI is InChI=1S/C14H16N2O4/c1-10-4-5-12(11(6-10)7-15)16(8-13(17)19-2)9-14(18)20-3/h4-6H,8-9H2,1-3H3. The molecule has 6 nitrogen and oxygen atoms in total. The van der Waals surface area contributed by atoms with E-state index in [1.165, 1.54) is 19.1 Å². The van der Waals surface area contributed by atoms with Crippen LogP contribution in [0.2, 0.25) is 0 Å². The second-order valence-electron chi connectivity index (χ2n) is 4.14. The Kier molecular flexibility index (Phi) is 5.54. The number of rotatable bonds is 5. The van der Waals surface area contributed by atoms with E-state index in [4.69, 9.17) is 5.26 Å². The van der Waals surface area contributed by atoms with E-state index in [-0.39, 0.29) is 13.1 Å². The first-order valence-electron chi connectivity index (χ1n) is 5.91. The molecule has 106 valence electrons. The molecule has 20 heavy (non-hydrogen) atoms. The fourth-order valence-corrected chi connectivity index (χ4v) is 1.68. The third-order valence-corrected chi connectivity index (χ3v) is 2.71. The number of esters is 2. The van der Waals surface area contributed by atoms with Crippen LogP contribution in [0.15, 0.2) is 18.2 Å². The van der Waals surface area contributed by atoms with Gasteiger partial charge in [-0.25, -0.2) is 0 Å². The summed E-state index contributed by atoms with van der Waals surface area (Å²) in [4.78, 5) is 24.3. The normalized spacial score (nSPS) is 9.50. The summed E-state index contributed by atoms with van der Waals surface area (Å²) in [5.41, 5.74) is 1.80. The van der Waals surface area contributed by atoms with Crippen LogP contribution in [0.4, 0.5) is 5.69 Å². The molecule has 0 saturated carbocycles. The van der Waals surface area contributed by atoms with Crippen molar-refractivity contribution in [1.29, 1.82) is 5.26 Å². The molecule has 0 aliphatic heterocycles. The van der Waals surface area contributed by atoms with Gasteiger partial charge in [0.2, 0.25) is 0 Å². The molecular formula is C14H16N2O4. The maximum Gasteiger partial charge on any atom is 0.325 e. The Morgan fingerprint density at radius 3 is 2.20 bits per heavy atom. The van der Waals surface area contributed by atoms with Gasteiger partial charge in [-0.3, -0.25) is 9.59 Å². The maximum atomic E-state index is 11.4. The van der Waals surface area contributed by atoms with Crippen LogP contribution in [0, 0.1) is 18.3 Å². The molecule has 0 amide bonds. The maximum absolute atomic E-state index is 11.4. The average molecular weight is 276 g/mol. The summed E-state index contributed by atoms with van der Waals surface area (Å²) >= 11 is 0. The van der Waals surface area contributed by atoms with E-state index in [0.29, 0.717) is 11.3 Å². The minimum atomic E-state index is -0.502. The lowest BCUT2D eigenvalue weighted by Crippen LogP contribution is -2.36.